The van der Waals surface area contributed by atoms with Crippen molar-refractivity contribution >= 4 is 11.9 Å². The van der Waals surface area contributed by atoms with Crippen molar-refractivity contribution in [3.63, 3.8) is 0 Å². The Morgan fingerprint density at radius 1 is 1.17 bits per heavy atom. The van der Waals surface area contributed by atoms with E-state index < -0.39 is 5.97 Å². The lowest BCUT2D eigenvalue weighted by Gasteiger charge is -2.59. The van der Waals surface area contributed by atoms with Crippen LogP contribution < -0.4 is 11.1 Å². The average molecular weight is 415 g/mol. The molecule has 0 aromatic carbocycles. The molecule has 0 aromatic heterocycles. The maximum Gasteiger partial charge on any atom is 0.303 e. The normalized spacial score (nSPS) is 41.1. The van der Waals surface area contributed by atoms with E-state index in [1.165, 1.54) is 17.6 Å². The van der Waals surface area contributed by atoms with Crippen LogP contribution in [0.2, 0.25) is 0 Å². The summed E-state index contributed by atoms with van der Waals surface area (Å²) in [5, 5.41) is 12.7. The second-order valence-electron chi connectivity index (χ2n) is 10.9. The first-order chi connectivity index (χ1) is 14.2. The molecule has 0 unspecified atom stereocenters. The van der Waals surface area contributed by atoms with Crippen LogP contribution in [0.3, 0.4) is 0 Å². The largest absolute Gasteiger partial charge is 0.481 e. The minimum absolute atomic E-state index is 0.0392. The number of carboxylic acids is 1. The van der Waals surface area contributed by atoms with Gasteiger partial charge in [-0.2, -0.15) is 0 Å². The smallest absolute Gasteiger partial charge is 0.303 e. The van der Waals surface area contributed by atoms with Crippen LogP contribution in [0.25, 0.3) is 0 Å². The second kappa shape index (κ2) is 7.51. The number of hydrogen-bond donors (Lipinski definition) is 3. The lowest BCUT2D eigenvalue weighted by Crippen LogP contribution is -2.59. The third kappa shape index (κ3) is 3.34. The van der Waals surface area contributed by atoms with E-state index in [1.807, 2.05) is 0 Å². The molecule has 0 aliphatic heterocycles. The van der Waals surface area contributed by atoms with Gasteiger partial charge in [-0.25, -0.2) is 0 Å². The molecule has 0 heterocycles. The van der Waals surface area contributed by atoms with Crippen LogP contribution in [0.1, 0.15) is 72.1 Å². The number of fused-ring (bicyclic) bond motifs is 2. The number of hydrogen-bond acceptors (Lipinski definition) is 3. The van der Waals surface area contributed by atoms with Crippen molar-refractivity contribution in [1.29, 1.82) is 0 Å². The number of nitrogens with one attached hydrogen (secondary N) is 1. The van der Waals surface area contributed by atoms with Gasteiger partial charge >= 0.3 is 5.97 Å². The molecule has 4 aliphatic carbocycles. The highest BCUT2D eigenvalue weighted by Crippen LogP contribution is 2.67. The fourth-order valence-corrected chi connectivity index (χ4v) is 7.64. The average Bonchev–Trinajstić information content (AvgIpc) is 3.18. The SMILES string of the molecule is CCC1=C[C@@H]2[C@H](C1)C[C@]2(CN)CC(=O)NC[C@]1(CC(=O)O)C[C@]2(C)C=C(CC)C[C@H]12. The first-order valence-corrected chi connectivity index (χ1v) is 11.8. The zero-order valence-corrected chi connectivity index (χ0v) is 18.8. The highest BCUT2D eigenvalue weighted by atomic mass is 16.4. The lowest BCUT2D eigenvalue weighted by molar-refractivity contribution is -0.152. The topological polar surface area (TPSA) is 92.4 Å². The van der Waals surface area contributed by atoms with E-state index in [9.17, 15) is 14.7 Å². The monoisotopic (exact) mass is 414 g/mol. The first-order valence-electron chi connectivity index (χ1n) is 11.8. The number of carbonyl (C=O) groups is 2. The van der Waals surface area contributed by atoms with Crippen LogP contribution in [-0.4, -0.2) is 30.1 Å². The van der Waals surface area contributed by atoms with E-state index >= 15 is 0 Å². The van der Waals surface area contributed by atoms with E-state index in [-0.39, 0.29) is 28.6 Å². The third-order valence-corrected chi connectivity index (χ3v) is 9.06. The number of carbonyl (C=O) groups excluding carboxylic acids is 1. The molecule has 2 saturated carbocycles. The van der Waals surface area contributed by atoms with Gasteiger partial charge in [-0.15, -0.1) is 0 Å². The zero-order chi connectivity index (χ0) is 21.7. The summed E-state index contributed by atoms with van der Waals surface area (Å²) in [6.07, 6.45) is 11.5. The fraction of sp³-hybridized carbons (Fsp3) is 0.760. The highest BCUT2D eigenvalue weighted by molar-refractivity contribution is 5.77. The van der Waals surface area contributed by atoms with Crippen LogP contribution in [0.4, 0.5) is 0 Å². The Kier molecular flexibility index (Phi) is 5.41. The van der Waals surface area contributed by atoms with Crippen LogP contribution in [0, 0.1) is 34.0 Å². The molecule has 30 heavy (non-hydrogen) atoms. The van der Waals surface area contributed by atoms with E-state index in [0.717, 1.165) is 32.1 Å². The third-order valence-electron chi connectivity index (χ3n) is 9.06. The molecular formula is C25H38N2O3. The predicted octanol–water partition coefficient (Wildman–Crippen LogP) is 4.04. The molecule has 166 valence electrons. The summed E-state index contributed by atoms with van der Waals surface area (Å²) in [5.74, 6) is 0.697. The molecule has 0 spiro atoms. The molecule has 1 amide bonds. The number of nitrogens with two attached hydrogens (primary N) is 1. The standard InChI is InChI=1S/C25H38N2O3/c1-4-16-6-18-10-24(14-26,19(18)7-16)11-21(28)27-15-25(12-22(29)30)13-23(3)9-17(5-2)8-20(23)25/h7,9,18-20H,4-6,8,10-15,26H2,1-3H3,(H,27,28)(H,29,30)/t18-,19-,20+,23+,24-,25+/m1/s1. The van der Waals surface area contributed by atoms with Crippen LogP contribution in [0.15, 0.2) is 23.3 Å². The molecule has 2 fully saturated rings. The number of amides is 1. The van der Waals surface area contributed by atoms with Gasteiger partial charge in [0.05, 0.1) is 6.42 Å². The van der Waals surface area contributed by atoms with Gasteiger partial charge in [0.1, 0.15) is 0 Å². The summed E-state index contributed by atoms with van der Waals surface area (Å²) < 4.78 is 0. The molecule has 5 nitrogen and oxygen atoms in total. The van der Waals surface area contributed by atoms with Crippen molar-refractivity contribution in [2.24, 2.45) is 39.7 Å². The van der Waals surface area contributed by atoms with E-state index in [1.54, 1.807) is 0 Å². The quantitative estimate of drug-likeness (QED) is 0.497. The Labute approximate surface area is 180 Å². The Hall–Kier alpha value is -1.62. The van der Waals surface area contributed by atoms with E-state index in [0.29, 0.717) is 37.3 Å². The Morgan fingerprint density at radius 3 is 2.53 bits per heavy atom. The second-order valence-corrected chi connectivity index (χ2v) is 10.9. The van der Waals surface area contributed by atoms with Gasteiger partial charge in [0.2, 0.25) is 5.91 Å². The molecule has 0 radical (unpaired) electrons. The summed E-state index contributed by atoms with van der Waals surface area (Å²) in [4.78, 5) is 24.6. The maximum atomic E-state index is 13.0. The van der Waals surface area contributed by atoms with Crippen molar-refractivity contribution in [3.05, 3.63) is 23.3 Å². The lowest BCUT2D eigenvalue weighted by atomic mass is 9.46. The summed E-state index contributed by atoms with van der Waals surface area (Å²) >= 11 is 0. The molecule has 0 bridgehead atoms. The number of aliphatic carboxylic acids is 1. The molecular weight excluding hydrogens is 376 g/mol. The number of allylic oxidation sites excluding steroid dienone is 4. The van der Waals surface area contributed by atoms with Gasteiger partial charge in [0.15, 0.2) is 0 Å². The van der Waals surface area contributed by atoms with Crippen molar-refractivity contribution < 1.29 is 14.7 Å². The van der Waals surface area contributed by atoms with Gasteiger partial charge in [-0.3, -0.25) is 9.59 Å². The van der Waals surface area contributed by atoms with Crippen molar-refractivity contribution in [3.8, 4) is 0 Å². The molecule has 0 aromatic rings. The van der Waals surface area contributed by atoms with Gasteiger partial charge < -0.3 is 16.2 Å². The molecule has 5 heteroatoms. The van der Waals surface area contributed by atoms with Gasteiger partial charge in [0, 0.05) is 18.4 Å². The van der Waals surface area contributed by atoms with E-state index in [4.69, 9.17) is 5.73 Å². The Bertz CT molecular complexity index is 802. The first kappa shape index (κ1) is 21.6. The molecule has 0 saturated heterocycles. The fourth-order valence-electron chi connectivity index (χ4n) is 7.64. The molecule has 6 atom stereocenters. The molecule has 4 N–H and O–H groups in total. The Balaban J connectivity index is 1.40. The van der Waals surface area contributed by atoms with Crippen molar-refractivity contribution in [2.75, 3.05) is 13.1 Å². The van der Waals surface area contributed by atoms with Gasteiger partial charge in [-0.05, 0) is 73.7 Å². The maximum absolute atomic E-state index is 13.0. The highest BCUT2D eigenvalue weighted by Gasteiger charge is 2.62. The summed E-state index contributed by atoms with van der Waals surface area (Å²) in [5.41, 5.74) is 8.77. The van der Waals surface area contributed by atoms with E-state index in [2.05, 4.69) is 38.2 Å². The summed E-state index contributed by atoms with van der Waals surface area (Å²) in [6, 6.07) is 0. The minimum atomic E-state index is -0.764. The molecule has 4 rings (SSSR count). The van der Waals surface area contributed by atoms with Crippen molar-refractivity contribution in [2.45, 2.75) is 72.1 Å². The molecule has 4 aliphatic rings. The number of rotatable bonds is 9. The zero-order valence-electron chi connectivity index (χ0n) is 18.8. The predicted molar refractivity (Wildman–Crippen MR) is 118 cm³/mol. The van der Waals surface area contributed by atoms with Gasteiger partial charge in [-0.1, -0.05) is 44.1 Å². The minimum Gasteiger partial charge on any atom is -0.481 e. The van der Waals surface area contributed by atoms with Crippen LogP contribution >= 0.6 is 0 Å². The summed E-state index contributed by atoms with van der Waals surface area (Å²) in [6.45, 7) is 7.62. The van der Waals surface area contributed by atoms with Crippen LogP contribution in [0.5, 0.6) is 0 Å². The van der Waals surface area contributed by atoms with Crippen molar-refractivity contribution in [1.82, 2.24) is 5.32 Å². The summed E-state index contributed by atoms with van der Waals surface area (Å²) in [7, 11) is 0. The van der Waals surface area contributed by atoms with Gasteiger partial charge in [0.25, 0.3) is 0 Å². The number of carboxylic acid groups (broad SMARTS) is 1. The van der Waals surface area contributed by atoms with Crippen LogP contribution in [-0.2, 0) is 9.59 Å². The Morgan fingerprint density at radius 2 is 1.90 bits per heavy atom.